The van der Waals surface area contributed by atoms with Crippen molar-refractivity contribution in [1.82, 2.24) is 14.8 Å². The van der Waals surface area contributed by atoms with E-state index in [1.54, 1.807) is 12.4 Å². The third-order valence-corrected chi connectivity index (χ3v) is 6.33. The molecule has 5 rings (SSSR count). The molecule has 140 valence electrons. The van der Waals surface area contributed by atoms with Crippen LogP contribution in [0.25, 0.3) is 10.9 Å². The zero-order chi connectivity index (χ0) is 18.4. The minimum atomic E-state index is -0.295. The number of nitrogens with zero attached hydrogens (tertiary/aromatic N) is 2. The summed E-state index contributed by atoms with van der Waals surface area (Å²) in [5.41, 5.74) is 3.00. The van der Waals surface area contributed by atoms with Crippen molar-refractivity contribution in [2.24, 2.45) is 5.41 Å². The first kappa shape index (κ1) is 16.7. The molecule has 0 bridgehead atoms. The van der Waals surface area contributed by atoms with Crippen molar-refractivity contribution in [3.63, 3.8) is 0 Å². The van der Waals surface area contributed by atoms with E-state index in [0.717, 1.165) is 10.9 Å². The molecule has 0 saturated heterocycles. The Hall–Kier alpha value is -2.47. The number of hydrogen-bond acceptors (Lipinski definition) is 2. The minimum absolute atomic E-state index is 0.295. The molecule has 2 amide bonds. The van der Waals surface area contributed by atoms with E-state index in [2.05, 4.69) is 20.7 Å². The van der Waals surface area contributed by atoms with Crippen LogP contribution in [0.3, 0.4) is 0 Å². The van der Waals surface area contributed by atoms with Crippen molar-refractivity contribution in [2.45, 2.75) is 44.6 Å². The quantitative estimate of drug-likeness (QED) is 0.554. The smallest absolute Gasteiger partial charge is 0.323 e. The number of urea groups is 1. The summed E-state index contributed by atoms with van der Waals surface area (Å²) >= 11 is 6.06. The lowest BCUT2D eigenvalue weighted by atomic mass is 9.83. The Morgan fingerprint density at radius 3 is 2.81 bits per heavy atom. The van der Waals surface area contributed by atoms with Gasteiger partial charge in [-0.05, 0) is 62.1 Å². The molecule has 0 unspecified atom stereocenters. The van der Waals surface area contributed by atoms with Crippen molar-refractivity contribution >= 4 is 39.9 Å². The Morgan fingerprint density at radius 2 is 2.04 bits per heavy atom. The lowest BCUT2D eigenvalue weighted by Crippen LogP contribution is -2.20. The van der Waals surface area contributed by atoms with Crippen molar-refractivity contribution in [1.29, 1.82) is 0 Å². The number of anilines is 2. The number of amides is 2. The average molecular weight is 384 g/mol. The van der Waals surface area contributed by atoms with Crippen LogP contribution in [0, 0.1) is 5.41 Å². The van der Waals surface area contributed by atoms with E-state index < -0.39 is 0 Å². The molecule has 7 heteroatoms. The third-order valence-electron chi connectivity index (χ3n) is 6.10. The molecule has 3 N–H and O–H groups in total. The maximum Gasteiger partial charge on any atom is 0.323 e. The largest absolute Gasteiger partial charge is 0.359 e. The molecule has 3 aromatic rings. The Morgan fingerprint density at radius 1 is 1.22 bits per heavy atom. The van der Waals surface area contributed by atoms with Crippen molar-refractivity contribution < 1.29 is 4.79 Å². The van der Waals surface area contributed by atoms with Crippen LogP contribution in [0.4, 0.5) is 16.2 Å². The van der Waals surface area contributed by atoms with Crippen LogP contribution in [0.5, 0.6) is 0 Å². The van der Waals surface area contributed by atoms with Gasteiger partial charge in [-0.25, -0.2) is 4.79 Å². The molecule has 0 aliphatic heterocycles. The molecule has 2 aromatic heterocycles. The number of carbonyl (C=O) groups is 1. The van der Waals surface area contributed by atoms with Crippen LogP contribution in [0.15, 0.2) is 36.8 Å². The van der Waals surface area contributed by atoms with Gasteiger partial charge in [0.15, 0.2) is 0 Å². The zero-order valence-corrected chi connectivity index (χ0v) is 15.7. The molecule has 27 heavy (non-hydrogen) atoms. The summed E-state index contributed by atoms with van der Waals surface area (Å²) in [5.74, 6) is 0. The van der Waals surface area contributed by atoms with Gasteiger partial charge in [0, 0.05) is 28.3 Å². The molecule has 2 saturated carbocycles. The van der Waals surface area contributed by atoms with E-state index in [1.807, 2.05) is 29.1 Å². The van der Waals surface area contributed by atoms with Gasteiger partial charge in [-0.1, -0.05) is 11.6 Å². The highest BCUT2D eigenvalue weighted by Gasteiger charge is 2.45. The molecule has 0 radical (unpaired) electrons. The molecular weight excluding hydrogens is 362 g/mol. The number of rotatable bonds is 3. The van der Waals surface area contributed by atoms with E-state index in [9.17, 15) is 4.79 Å². The van der Waals surface area contributed by atoms with Crippen molar-refractivity contribution in [3.05, 3.63) is 41.8 Å². The number of fused-ring (bicyclic) bond motifs is 1. The predicted octanol–water partition coefficient (Wildman–Crippen LogP) is 5.56. The van der Waals surface area contributed by atoms with E-state index in [-0.39, 0.29) is 6.03 Å². The maximum absolute atomic E-state index is 12.4. The van der Waals surface area contributed by atoms with Gasteiger partial charge in [-0.2, -0.15) is 5.10 Å². The van der Waals surface area contributed by atoms with Gasteiger partial charge in [0.2, 0.25) is 0 Å². The number of aromatic nitrogens is 3. The van der Waals surface area contributed by atoms with Gasteiger partial charge in [0.1, 0.15) is 0 Å². The number of hydrogen-bond donors (Lipinski definition) is 3. The average Bonchev–Trinajstić information content (AvgIpc) is 3.07. The first-order valence-electron chi connectivity index (χ1n) is 9.49. The monoisotopic (exact) mass is 383 g/mol. The molecule has 2 heterocycles. The number of halogens is 1. The van der Waals surface area contributed by atoms with E-state index in [0.29, 0.717) is 27.9 Å². The number of benzene rings is 1. The molecular formula is C20H22ClN5O. The van der Waals surface area contributed by atoms with Gasteiger partial charge in [-0.15, -0.1) is 0 Å². The molecule has 2 aliphatic carbocycles. The number of carbonyl (C=O) groups excluding carboxylic acids is 1. The standard InChI is InChI=1S/C20H22ClN5O/c21-13-1-2-17-16(9-13)18(11-22-17)25-19(27)24-14-10-23-26(12-14)15-3-5-20(6-4-15)7-8-20/h1-2,9-12,15,22H,3-8H2,(H2,24,25,27). The zero-order valence-electron chi connectivity index (χ0n) is 15.0. The summed E-state index contributed by atoms with van der Waals surface area (Å²) in [6.45, 7) is 0. The lowest BCUT2D eigenvalue weighted by Gasteiger charge is -2.28. The van der Waals surface area contributed by atoms with Crippen LogP contribution in [-0.4, -0.2) is 20.8 Å². The highest BCUT2D eigenvalue weighted by molar-refractivity contribution is 6.31. The first-order chi connectivity index (χ1) is 13.1. The predicted molar refractivity (Wildman–Crippen MR) is 107 cm³/mol. The number of nitrogens with one attached hydrogen (secondary N) is 3. The summed E-state index contributed by atoms with van der Waals surface area (Å²) in [5, 5.41) is 11.7. The molecule has 1 aromatic carbocycles. The molecule has 0 atom stereocenters. The van der Waals surface area contributed by atoms with Crippen LogP contribution in [0.1, 0.15) is 44.6 Å². The second kappa shape index (κ2) is 6.30. The van der Waals surface area contributed by atoms with E-state index in [1.165, 1.54) is 38.5 Å². The topological polar surface area (TPSA) is 74.7 Å². The van der Waals surface area contributed by atoms with Gasteiger partial charge < -0.3 is 15.6 Å². The third kappa shape index (κ3) is 3.30. The van der Waals surface area contributed by atoms with Crippen LogP contribution in [0.2, 0.25) is 5.02 Å². The van der Waals surface area contributed by atoms with Crippen LogP contribution < -0.4 is 10.6 Å². The molecule has 6 nitrogen and oxygen atoms in total. The fraction of sp³-hybridized carbons (Fsp3) is 0.400. The number of H-pyrrole nitrogens is 1. The van der Waals surface area contributed by atoms with E-state index >= 15 is 0 Å². The fourth-order valence-corrected chi connectivity index (χ4v) is 4.41. The summed E-state index contributed by atoms with van der Waals surface area (Å²) in [6.07, 6.45) is 13.2. The van der Waals surface area contributed by atoms with Crippen LogP contribution >= 0.6 is 11.6 Å². The van der Waals surface area contributed by atoms with Gasteiger partial charge >= 0.3 is 6.03 Å². The van der Waals surface area contributed by atoms with Crippen molar-refractivity contribution in [3.8, 4) is 0 Å². The first-order valence-corrected chi connectivity index (χ1v) is 9.87. The fourth-order valence-electron chi connectivity index (χ4n) is 4.24. The Labute approximate surface area is 162 Å². The van der Waals surface area contributed by atoms with E-state index in [4.69, 9.17) is 11.6 Å². The Kier molecular flexibility index (Phi) is 3.90. The molecule has 2 aliphatic rings. The Balaban J connectivity index is 1.23. The highest BCUT2D eigenvalue weighted by atomic mass is 35.5. The highest BCUT2D eigenvalue weighted by Crippen LogP contribution is 2.57. The van der Waals surface area contributed by atoms with Crippen LogP contribution in [-0.2, 0) is 0 Å². The maximum atomic E-state index is 12.4. The summed E-state index contributed by atoms with van der Waals surface area (Å²) in [4.78, 5) is 15.5. The SMILES string of the molecule is O=C(Nc1cnn(C2CCC3(CC2)CC3)c1)Nc1c[nH]c2ccc(Cl)cc12. The molecule has 1 spiro atoms. The van der Waals surface area contributed by atoms with Gasteiger partial charge in [-0.3, -0.25) is 4.68 Å². The summed E-state index contributed by atoms with van der Waals surface area (Å²) < 4.78 is 2.01. The normalized spacial score (nSPS) is 18.7. The second-order valence-corrected chi connectivity index (χ2v) is 8.35. The summed E-state index contributed by atoms with van der Waals surface area (Å²) in [7, 11) is 0. The number of aromatic amines is 1. The second-order valence-electron chi connectivity index (χ2n) is 7.91. The van der Waals surface area contributed by atoms with Gasteiger partial charge in [0.25, 0.3) is 0 Å². The Bertz CT molecular complexity index is 993. The molecule has 2 fully saturated rings. The van der Waals surface area contributed by atoms with Gasteiger partial charge in [0.05, 0.1) is 23.6 Å². The van der Waals surface area contributed by atoms with Crippen molar-refractivity contribution in [2.75, 3.05) is 10.6 Å². The minimum Gasteiger partial charge on any atom is -0.359 e. The summed E-state index contributed by atoms with van der Waals surface area (Å²) in [6, 6.07) is 5.69. The lowest BCUT2D eigenvalue weighted by molar-refractivity contribution is 0.245.